The van der Waals surface area contributed by atoms with Crippen LogP contribution in [0.5, 0.6) is 0 Å². The van der Waals surface area contributed by atoms with Crippen molar-refractivity contribution in [2.75, 3.05) is 19.7 Å². The van der Waals surface area contributed by atoms with Crippen molar-refractivity contribution in [1.82, 2.24) is 35.5 Å². The minimum atomic E-state index is -5.08. The topological polar surface area (TPSA) is 171 Å². The van der Waals surface area contributed by atoms with E-state index < -0.39 is 34.4 Å². The monoisotopic (exact) mass is 453 g/mol. The summed E-state index contributed by atoms with van der Waals surface area (Å²) >= 11 is 0. The summed E-state index contributed by atoms with van der Waals surface area (Å²) in [6.07, 6.45) is 4.48. The van der Waals surface area contributed by atoms with E-state index in [-0.39, 0.29) is 54.8 Å². The average molecular weight is 453 g/mol. The van der Waals surface area contributed by atoms with E-state index in [2.05, 4.69) is 25.2 Å². The van der Waals surface area contributed by atoms with E-state index in [1.165, 1.54) is 11.2 Å². The van der Waals surface area contributed by atoms with Gasteiger partial charge in [0.2, 0.25) is 10.4 Å². The van der Waals surface area contributed by atoms with Crippen molar-refractivity contribution in [3.8, 4) is 0 Å². The molecule has 14 nitrogen and oxygen atoms in total. The molecule has 0 spiro atoms. The zero-order valence-electron chi connectivity index (χ0n) is 16.2. The first-order chi connectivity index (χ1) is 13.8. The van der Waals surface area contributed by atoms with E-state index in [9.17, 15) is 22.6 Å². The van der Waals surface area contributed by atoms with Crippen LogP contribution in [0, 0.1) is 0 Å². The standard InChI is InChI=1S/C14H21N7O7S.Na/c22-13(18-27-6-9-3-11(4-16-9)20-8-15-7-17-20)12-2-1-10-5-19(12)14(23)21(10)28-29(24,25)26;/h7-12,16H,1-6H2,(H,18,22)(H,24,25,26);/q;+1/p-1/t9-,10+,11+,12-;/m0./s1. The first kappa shape index (κ1) is 23.3. The maximum atomic E-state index is 12.4. The summed E-state index contributed by atoms with van der Waals surface area (Å²) < 4.78 is 38.4. The third kappa shape index (κ3) is 5.11. The zero-order valence-corrected chi connectivity index (χ0v) is 19.0. The van der Waals surface area contributed by atoms with Crippen LogP contribution in [0.4, 0.5) is 4.79 Å². The molecule has 0 saturated carbocycles. The Balaban J connectivity index is 0.00000256. The Morgan fingerprint density at radius 1 is 1.37 bits per heavy atom. The van der Waals surface area contributed by atoms with E-state index in [1.807, 2.05) is 0 Å². The first-order valence-electron chi connectivity index (χ1n) is 9.06. The molecule has 1 aromatic heterocycles. The summed E-state index contributed by atoms with van der Waals surface area (Å²) in [4.78, 5) is 35.1. The number of hydrogen-bond acceptors (Lipinski definition) is 10. The van der Waals surface area contributed by atoms with Gasteiger partial charge in [-0.05, 0) is 19.3 Å². The van der Waals surface area contributed by atoms with Crippen LogP contribution in [-0.2, 0) is 24.3 Å². The smallest absolute Gasteiger partial charge is 0.724 e. The van der Waals surface area contributed by atoms with Crippen LogP contribution in [0.25, 0.3) is 0 Å². The Labute approximate surface area is 194 Å². The number of carbonyl (C=O) groups excluding carboxylic acids is 2. The van der Waals surface area contributed by atoms with Crippen molar-refractivity contribution >= 4 is 22.3 Å². The molecule has 16 heteroatoms. The molecule has 2 bridgehead atoms. The van der Waals surface area contributed by atoms with Crippen molar-refractivity contribution in [3.05, 3.63) is 12.7 Å². The molecule has 4 heterocycles. The maximum Gasteiger partial charge on any atom is 1.00 e. The Bertz CT molecular complexity index is 870. The molecule has 3 amide bonds. The fraction of sp³-hybridized carbons (Fsp3) is 0.714. The molecule has 0 aliphatic carbocycles. The van der Waals surface area contributed by atoms with Crippen molar-refractivity contribution in [1.29, 1.82) is 0 Å². The summed E-state index contributed by atoms with van der Waals surface area (Å²) in [6.45, 7) is 1.02. The quantitative estimate of drug-likeness (QED) is 0.176. The van der Waals surface area contributed by atoms with Crippen molar-refractivity contribution < 1.29 is 61.2 Å². The van der Waals surface area contributed by atoms with E-state index in [0.29, 0.717) is 24.4 Å². The maximum absolute atomic E-state index is 12.4. The molecular formula is C14H20N7NaO7S. The van der Waals surface area contributed by atoms with Gasteiger partial charge in [0.05, 0.1) is 18.7 Å². The summed E-state index contributed by atoms with van der Waals surface area (Å²) in [5.41, 5.74) is 2.35. The van der Waals surface area contributed by atoms with Crippen LogP contribution >= 0.6 is 0 Å². The Morgan fingerprint density at radius 3 is 2.87 bits per heavy atom. The molecule has 1 aromatic rings. The molecule has 0 unspecified atom stereocenters. The number of fused-ring (bicyclic) bond motifs is 2. The van der Waals surface area contributed by atoms with Gasteiger partial charge in [-0.1, -0.05) is 0 Å². The fourth-order valence-corrected chi connectivity index (χ4v) is 4.30. The Hall–Kier alpha value is -1.33. The second-order valence-corrected chi connectivity index (χ2v) is 8.10. The van der Waals surface area contributed by atoms with E-state index in [1.54, 1.807) is 11.0 Å². The van der Waals surface area contributed by atoms with Crippen LogP contribution in [0.15, 0.2) is 12.7 Å². The normalized spacial score (nSPS) is 28.5. The van der Waals surface area contributed by atoms with Crippen LogP contribution in [0.2, 0.25) is 0 Å². The van der Waals surface area contributed by atoms with E-state index in [4.69, 9.17) is 4.84 Å². The third-order valence-corrected chi connectivity index (χ3v) is 5.61. The molecular weight excluding hydrogens is 433 g/mol. The first-order valence-corrected chi connectivity index (χ1v) is 10.4. The SMILES string of the molecule is O=C(NOC[C@@H]1C[C@@H](n2cncn2)CN1)[C@@H]1CC[C@@H]2CN1C(=O)N2OS(=O)(=O)[O-].[Na+]. The minimum absolute atomic E-state index is 0. The van der Waals surface area contributed by atoms with Crippen LogP contribution in [0.1, 0.15) is 25.3 Å². The molecule has 160 valence electrons. The number of amides is 3. The van der Waals surface area contributed by atoms with Gasteiger partial charge in [0.25, 0.3) is 5.91 Å². The van der Waals surface area contributed by atoms with Gasteiger partial charge in [0, 0.05) is 19.1 Å². The molecule has 0 radical (unpaired) electrons. The average Bonchev–Trinajstić information content (AvgIpc) is 3.39. The number of carbonyl (C=O) groups is 2. The second kappa shape index (κ2) is 9.44. The van der Waals surface area contributed by atoms with Gasteiger partial charge < -0.3 is 14.8 Å². The summed E-state index contributed by atoms with van der Waals surface area (Å²) in [7, 11) is -5.08. The molecule has 0 aromatic carbocycles. The van der Waals surface area contributed by atoms with Gasteiger partial charge in [-0.25, -0.2) is 28.4 Å². The molecule has 2 N–H and O–H groups in total. The molecule has 3 fully saturated rings. The third-order valence-electron chi connectivity index (χ3n) is 5.26. The van der Waals surface area contributed by atoms with E-state index in [0.717, 1.165) is 6.42 Å². The van der Waals surface area contributed by atoms with Gasteiger partial charge in [-0.15, -0.1) is 0 Å². The largest absolute Gasteiger partial charge is 1.00 e. The van der Waals surface area contributed by atoms with Gasteiger partial charge in [-0.2, -0.15) is 14.4 Å². The van der Waals surface area contributed by atoms with Gasteiger partial charge >= 0.3 is 35.6 Å². The number of aromatic nitrogens is 3. The van der Waals surface area contributed by atoms with E-state index >= 15 is 0 Å². The van der Waals surface area contributed by atoms with Gasteiger partial charge in [0.15, 0.2) is 0 Å². The van der Waals surface area contributed by atoms with Crippen molar-refractivity contribution in [3.63, 3.8) is 0 Å². The summed E-state index contributed by atoms with van der Waals surface area (Å²) in [5.74, 6) is -0.519. The predicted molar refractivity (Wildman–Crippen MR) is 91.1 cm³/mol. The van der Waals surface area contributed by atoms with Gasteiger partial charge in [0.1, 0.15) is 18.7 Å². The van der Waals surface area contributed by atoms with Crippen molar-refractivity contribution in [2.24, 2.45) is 0 Å². The predicted octanol–water partition coefficient (Wildman–Crippen LogP) is -5.11. The summed E-state index contributed by atoms with van der Waals surface area (Å²) in [6, 6.07) is -2.09. The molecule has 3 aliphatic rings. The van der Waals surface area contributed by atoms with Crippen LogP contribution in [-0.4, -0.2) is 87.5 Å². The zero-order chi connectivity index (χ0) is 20.6. The number of urea groups is 1. The number of rotatable bonds is 7. The molecule has 30 heavy (non-hydrogen) atoms. The molecule has 4 rings (SSSR count). The number of piperidine rings is 1. The van der Waals surface area contributed by atoms with Crippen LogP contribution < -0.4 is 40.4 Å². The molecule has 3 saturated heterocycles. The van der Waals surface area contributed by atoms with Crippen molar-refractivity contribution in [2.45, 2.75) is 43.4 Å². The second-order valence-electron chi connectivity index (χ2n) is 7.14. The number of nitrogens with one attached hydrogen (secondary N) is 2. The number of nitrogens with zero attached hydrogens (tertiary/aromatic N) is 5. The van der Waals surface area contributed by atoms with Gasteiger partial charge in [-0.3, -0.25) is 9.63 Å². The number of hydrogen-bond donors (Lipinski definition) is 2. The fourth-order valence-electron chi connectivity index (χ4n) is 3.91. The molecule has 4 atom stereocenters. The summed E-state index contributed by atoms with van der Waals surface area (Å²) in [5, 5.41) is 7.91. The number of hydroxylamine groups is 3. The minimum Gasteiger partial charge on any atom is -0.724 e. The van der Waals surface area contributed by atoms with Crippen LogP contribution in [0.3, 0.4) is 0 Å². The Kier molecular flexibility index (Phi) is 7.34. The Morgan fingerprint density at radius 2 is 2.17 bits per heavy atom. The molecule has 3 aliphatic heterocycles.